The van der Waals surface area contributed by atoms with Gasteiger partial charge in [-0.25, -0.2) is 14.0 Å². The number of alkyl carbamates (subject to hydrolysis) is 1. The number of amides is 1. The number of halogens is 1. The largest absolute Gasteiger partial charge is 0.462 e. The molecule has 1 aliphatic heterocycles. The monoisotopic (exact) mass is 421 g/mol. The number of nitrogens with one attached hydrogen (secondary N) is 2. The number of anilines is 2. The molecule has 1 heterocycles. The number of esters is 1. The minimum Gasteiger partial charge on any atom is -0.462 e. The second-order valence-electron chi connectivity index (χ2n) is 8.92. The predicted molar refractivity (Wildman–Crippen MR) is 114 cm³/mol. The molecule has 2 aliphatic rings. The Balaban J connectivity index is 1.74. The first kappa shape index (κ1) is 22.2. The second-order valence-corrected chi connectivity index (χ2v) is 8.92. The van der Waals surface area contributed by atoms with E-state index in [1.165, 1.54) is 6.07 Å². The summed E-state index contributed by atoms with van der Waals surface area (Å²) in [5.74, 6) is -1.01. The van der Waals surface area contributed by atoms with Gasteiger partial charge in [0.15, 0.2) is 0 Å². The van der Waals surface area contributed by atoms with E-state index in [4.69, 9.17) is 9.47 Å². The van der Waals surface area contributed by atoms with Gasteiger partial charge in [-0.1, -0.05) is 0 Å². The Morgan fingerprint density at radius 1 is 1.20 bits per heavy atom. The van der Waals surface area contributed by atoms with E-state index in [0.717, 1.165) is 19.3 Å². The van der Waals surface area contributed by atoms with Crippen molar-refractivity contribution in [1.82, 2.24) is 5.32 Å². The van der Waals surface area contributed by atoms with Crippen LogP contribution < -0.4 is 15.5 Å². The van der Waals surface area contributed by atoms with E-state index in [0.29, 0.717) is 30.9 Å². The summed E-state index contributed by atoms with van der Waals surface area (Å²) in [6.45, 7) is 8.45. The Hall–Kier alpha value is -2.51. The van der Waals surface area contributed by atoms with Crippen LogP contribution in [0.4, 0.5) is 20.6 Å². The lowest BCUT2D eigenvalue weighted by molar-refractivity contribution is 0.0504. The Kier molecular flexibility index (Phi) is 6.73. The molecule has 8 heteroatoms. The Morgan fingerprint density at radius 3 is 2.53 bits per heavy atom. The summed E-state index contributed by atoms with van der Waals surface area (Å²) in [7, 11) is 0. The summed E-state index contributed by atoms with van der Waals surface area (Å²) < 4.78 is 25.3. The van der Waals surface area contributed by atoms with Crippen molar-refractivity contribution < 1.29 is 23.5 Å². The summed E-state index contributed by atoms with van der Waals surface area (Å²) in [4.78, 5) is 26.2. The van der Waals surface area contributed by atoms with Gasteiger partial charge in [0.05, 0.1) is 29.6 Å². The fourth-order valence-corrected chi connectivity index (χ4v) is 3.64. The van der Waals surface area contributed by atoms with E-state index in [1.54, 1.807) is 13.0 Å². The Morgan fingerprint density at radius 2 is 1.93 bits per heavy atom. The quantitative estimate of drug-likeness (QED) is 0.674. The second kappa shape index (κ2) is 9.10. The van der Waals surface area contributed by atoms with Crippen LogP contribution in [-0.2, 0) is 9.47 Å². The molecule has 166 valence electrons. The minimum absolute atomic E-state index is 0.132. The molecule has 3 rings (SSSR count). The van der Waals surface area contributed by atoms with E-state index in [9.17, 15) is 14.0 Å². The van der Waals surface area contributed by atoms with E-state index in [-0.39, 0.29) is 24.3 Å². The molecule has 1 atom stereocenters. The van der Waals surface area contributed by atoms with Crippen molar-refractivity contribution in [1.29, 1.82) is 0 Å². The molecular weight excluding hydrogens is 389 g/mol. The van der Waals surface area contributed by atoms with Crippen LogP contribution in [0.15, 0.2) is 12.1 Å². The number of nitrogens with zero attached hydrogens (tertiary/aromatic N) is 1. The van der Waals surface area contributed by atoms with Crippen LogP contribution in [0.3, 0.4) is 0 Å². The number of hydrogen-bond donors (Lipinski definition) is 2. The van der Waals surface area contributed by atoms with Crippen molar-refractivity contribution in [2.75, 3.05) is 29.9 Å². The highest BCUT2D eigenvalue weighted by atomic mass is 19.1. The van der Waals surface area contributed by atoms with Crippen LogP contribution >= 0.6 is 0 Å². The van der Waals surface area contributed by atoms with Crippen molar-refractivity contribution in [2.45, 2.75) is 71.1 Å². The first-order valence-electron chi connectivity index (χ1n) is 10.7. The van der Waals surface area contributed by atoms with Gasteiger partial charge in [-0.2, -0.15) is 0 Å². The van der Waals surface area contributed by atoms with Gasteiger partial charge in [-0.3, -0.25) is 0 Å². The van der Waals surface area contributed by atoms with Gasteiger partial charge in [-0.05, 0) is 65.5 Å². The number of carbonyl (C=O) groups excluding carboxylic acids is 2. The highest BCUT2D eigenvalue weighted by molar-refractivity contribution is 5.96. The Bertz CT molecular complexity index is 789. The predicted octanol–water partition coefficient (Wildman–Crippen LogP) is 4.07. The summed E-state index contributed by atoms with van der Waals surface area (Å²) in [6.07, 6.45) is 3.41. The van der Waals surface area contributed by atoms with Crippen LogP contribution in [0.25, 0.3) is 0 Å². The zero-order valence-electron chi connectivity index (χ0n) is 18.2. The Labute approximate surface area is 177 Å². The number of carbonyl (C=O) groups is 2. The van der Waals surface area contributed by atoms with Crippen molar-refractivity contribution in [3.63, 3.8) is 0 Å². The van der Waals surface area contributed by atoms with Crippen LogP contribution in [0, 0.1) is 5.82 Å². The van der Waals surface area contributed by atoms with E-state index in [2.05, 4.69) is 10.6 Å². The molecule has 0 aromatic heterocycles. The van der Waals surface area contributed by atoms with E-state index >= 15 is 0 Å². The highest BCUT2D eigenvalue weighted by Crippen LogP contribution is 2.33. The number of benzene rings is 1. The zero-order chi connectivity index (χ0) is 21.9. The van der Waals surface area contributed by atoms with Crippen molar-refractivity contribution in [3.8, 4) is 0 Å². The molecule has 1 saturated carbocycles. The van der Waals surface area contributed by atoms with Gasteiger partial charge in [0.2, 0.25) is 0 Å². The van der Waals surface area contributed by atoms with Crippen LogP contribution in [0.5, 0.6) is 0 Å². The van der Waals surface area contributed by atoms with E-state index in [1.807, 2.05) is 25.7 Å². The van der Waals surface area contributed by atoms with E-state index < -0.39 is 23.5 Å². The molecule has 7 nitrogen and oxygen atoms in total. The average Bonchev–Trinajstić information content (AvgIpc) is 3.05. The van der Waals surface area contributed by atoms with Gasteiger partial charge < -0.3 is 25.0 Å². The lowest BCUT2D eigenvalue weighted by Gasteiger charge is -2.29. The fraction of sp³-hybridized carbons (Fsp3) is 0.636. The van der Waals surface area contributed by atoms with Crippen molar-refractivity contribution >= 4 is 23.4 Å². The third-order valence-electron chi connectivity index (χ3n) is 5.30. The van der Waals surface area contributed by atoms with Gasteiger partial charge in [0.1, 0.15) is 11.4 Å². The molecule has 30 heavy (non-hydrogen) atoms. The summed E-state index contributed by atoms with van der Waals surface area (Å²) in [5.41, 5.74) is 0.656. The van der Waals surface area contributed by atoms with Crippen molar-refractivity contribution in [3.05, 3.63) is 23.5 Å². The lowest BCUT2D eigenvalue weighted by Crippen LogP contribution is -2.40. The molecule has 1 amide bonds. The first-order valence-corrected chi connectivity index (χ1v) is 10.7. The molecular formula is C22H32FN3O4. The highest BCUT2D eigenvalue weighted by Gasteiger charge is 2.29. The minimum atomic E-state index is -0.570. The smallest absolute Gasteiger partial charge is 0.407 e. The molecule has 0 radical (unpaired) electrons. The standard InChI is InChI=1S/C22H32FN3O4/c1-5-29-20(27)16-11-17(23)19(12-18(16)24-14-7-6-8-14)26-10-9-15(13-26)25-21(28)30-22(2,3)4/h11-12,14-15,24H,5-10,13H2,1-4H3,(H,25,28). The topological polar surface area (TPSA) is 79.9 Å². The van der Waals surface area contributed by atoms with Crippen molar-refractivity contribution in [2.24, 2.45) is 0 Å². The van der Waals surface area contributed by atoms with Crippen LogP contribution in [-0.4, -0.2) is 49.4 Å². The summed E-state index contributed by atoms with van der Waals surface area (Å²) in [6, 6.07) is 3.10. The zero-order valence-corrected chi connectivity index (χ0v) is 18.2. The number of ether oxygens (including phenoxy) is 2. The maximum atomic E-state index is 14.9. The lowest BCUT2D eigenvalue weighted by atomic mass is 9.92. The maximum absolute atomic E-state index is 14.9. The van der Waals surface area contributed by atoms with Crippen LogP contribution in [0.2, 0.25) is 0 Å². The molecule has 2 N–H and O–H groups in total. The summed E-state index contributed by atoms with van der Waals surface area (Å²) >= 11 is 0. The summed E-state index contributed by atoms with van der Waals surface area (Å²) in [5, 5.41) is 6.21. The third-order valence-corrected chi connectivity index (χ3v) is 5.30. The molecule has 1 aliphatic carbocycles. The molecule has 0 spiro atoms. The fourth-order valence-electron chi connectivity index (χ4n) is 3.64. The average molecular weight is 422 g/mol. The van der Waals surface area contributed by atoms with Gasteiger partial charge >= 0.3 is 12.1 Å². The first-order chi connectivity index (χ1) is 14.2. The molecule has 0 bridgehead atoms. The van der Waals surface area contributed by atoms with Gasteiger partial charge in [0.25, 0.3) is 0 Å². The molecule has 2 fully saturated rings. The van der Waals surface area contributed by atoms with Gasteiger partial charge in [-0.15, -0.1) is 0 Å². The molecule has 1 aromatic rings. The van der Waals surface area contributed by atoms with Gasteiger partial charge in [0, 0.05) is 19.1 Å². The van der Waals surface area contributed by atoms with Crippen LogP contribution in [0.1, 0.15) is 63.7 Å². The normalized spacial score (nSPS) is 19.2. The SMILES string of the molecule is CCOC(=O)c1cc(F)c(N2CCC(NC(=O)OC(C)(C)C)C2)cc1NC1CCC1. The third kappa shape index (κ3) is 5.55. The number of rotatable bonds is 6. The molecule has 1 saturated heterocycles. The molecule has 1 unspecified atom stereocenters. The number of hydrogen-bond acceptors (Lipinski definition) is 6. The molecule has 1 aromatic carbocycles. The maximum Gasteiger partial charge on any atom is 0.407 e.